The van der Waals surface area contributed by atoms with E-state index in [1.165, 1.54) is 0 Å². The summed E-state index contributed by atoms with van der Waals surface area (Å²) in [7, 11) is 0. The number of hydrogen-bond acceptors (Lipinski definition) is 4. The van der Waals surface area contributed by atoms with Gasteiger partial charge in [-0.3, -0.25) is 4.79 Å². The zero-order chi connectivity index (χ0) is 15.0. The molecule has 2 aliphatic rings. The summed E-state index contributed by atoms with van der Waals surface area (Å²) in [5.74, 6) is 0.146. The van der Waals surface area contributed by atoms with E-state index in [1.54, 1.807) is 4.90 Å². The van der Waals surface area contributed by atoms with Crippen LogP contribution in [0, 0.1) is 11.3 Å². The van der Waals surface area contributed by atoms with E-state index in [-0.39, 0.29) is 23.4 Å². The third kappa shape index (κ3) is 3.07. The Kier molecular flexibility index (Phi) is 3.98. The average molecular weight is 283 g/mol. The van der Waals surface area contributed by atoms with Crippen molar-refractivity contribution in [3.63, 3.8) is 0 Å². The monoisotopic (exact) mass is 283 g/mol. The minimum atomic E-state index is -0.481. The summed E-state index contributed by atoms with van der Waals surface area (Å²) < 4.78 is 10.6. The number of amides is 1. The molecule has 0 bridgehead atoms. The molecule has 114 valence electrons. The molecule has 0 radical (unpaired) electrons. The first kappa shape index (κ1) is 15.1. The van der Waals surface area contributed by atoms with E-state index in [9.17, 15) is 9.59 Å². The fourth-order valence-electron chi connectivity index (χ4n) is 2.99. The highest BCUT2D eigenvalue weighted by atomic mass is 16.6. The van der Waals surface area contributed by atoms with Gasteiger partial charge in [-0.15, -0.1) is 0 Å². The van der Waals surface area contributed by atoms with Crippen molar-refractivity contribution in [3.8, 4) is 0 Å². The van der Waals surface area contributed by atoms with E-state index in [1.807, 2.05) is 27.7 Å². The second-order valence-corrected chi connectivity index (χ2v) is 6.81. The Balaban J connectivity index is 1.96. The highest BCUT2D eigenvalue weighted by Gasteiger charge is 2.62. The molecule has 0 aromatic heterocycles. The second kappa shape index (κ2) is 5.26. The van der Waals surface area contributed by atoms with Gasteiger partial charge in [0.15, 0.2) is 0 Å². The van der Waals surface area contributed by atoms with E-state index >= 15 is 0 Å². The summed E-state index contributed by atoms with van der Waals surface area (Å²) in [6, 6.07) is 0. The molecule has 5 nitrogen and oxygen atoms in total. The van der Waals surface area contributed by atoms with Crippen molar-refractivity contribution in [1.29, 1.82) is 0 Å². The summed E-state index contributed by atoms with van der Waals surface area (Å²) in [6.07, 6.45) is 2.21. The Labute approximate surface area is 120 Å². The lowest BCUT2D eigenvalue weighted by Crippen LogP contribution is -2.38. The number of rotatable bonds is 2. The highest BCUT2D eigenvalue weighted by molar-refractivity contribution is 5.81. The second-order valence-electron chi connectivity index (χ2n) is 6.81. The van der Waals surface area contributed by atoms with Crippen LogP contribution >= 0.6 is 0 Å². The van der Waals surface area contributed by atoms with Crippen LogP contribution in [0.2, 0.25) is 0 Å². The third-order valence-corrected chi connectivity index (χ3v) is 4.06. The molecule has 1 aliphatic carbocycles. The minimum Gasteiger partial charge on any atom is -0.466 e. The van der Waals surface area contributed by atoms with Gasteiger partial charge in [0.25, 0.3) is 0 Å². The average Bonchev–Trinajstić information content (AvgIpc) is 2.99. The van der Waals surface area contributed by atoms with E-state index in [4.69, 9.17) is 9.47 Å². The molecule has 1 saturated heterocycles. The van der Waals surface area contributed by atoms with Gasteiger partial charge in [0.2, 0.25) is 0 Å². The van der Waals surface area contributed by atoms with Gasteiger partial charge in [-0.2, -0.15) is 0 Å². The van der Waals surface area contributed by atoms with Gasteiger partial charge in [0.1, 0.15) is 5.60 Å². The third-order valence-electron chi connectivity index (χ3n) is 4.06. The van der Waals surface area contributed by atoms with Gasteiger partial charge in [-0.05, 0) is 52.9 Å². The number of ether oxygens (including phenoxy) is 2. The van der Waals surface area contributed by atoms with Crippen LogP contribution < -0.4 is 0 Å². The zero-order valence-electron chi connectivity index (χ0n) is 12.9. The van der Waals surface area contributed by atoms with Gasteiger partial charge in [-0.1, -0.05) is 0 Å². The van der Waals surface area contributed by atoms with Crippen LogP contribution in [-0.2, 0) is 14.3 Å². The van der Waals surface area contributed by atoms with Crippen molar-refractivity contribution in [3.05, 3.63) is 0 Å². The van der Waals surface area contributed by atoms with Crippen LogP contribution in [0.5, 0.6) is 0 Å². The number of nitrogens with zero attached hydrogens (tertiary/aromatic N) is 1. The van der Waals surface area contributed by atoms with Crippen molar-refractivity contribution < 1.29 is 19.1 Å². The van der Waals surface area contributed by atoms with Crippen LogP contribution in [0.4, 0.5) is 4.79 Å². The largest absolute Gasteiger partial charge is 0.466 e. The Hall–Kier alpha value is -1.26. The molecule has 2 atom stereocenters. The number of carbonyl (C=O) groups excluding carboxylic acids is 2. The number of hydrogen-bond donors (Lipinski definition) is 0. The Morgan fingerprint density at radius 1 is 1.35 bits per heavy atom. The molecule has 0 aromatic carbocycles. The Bertz CT molecular complexity index is 401. The van der Waals surface area contributed by atoms with Gasteiger partial charge >= 0.3 is 12.1 Å². The predicted molar refractivity (Wildman–Crippen MR) is 74.2 cm³/mol. The summed E-state index contributed by atoms with van der Waals surface area (Å²) in [5.41, 5.74) is -0.808. The quantitative estimate of drug-likeness (QED) is 0.731. The van der Waals surface area contributed by atoms with Gasteiger partial charge in [-0.25, -0.2) is 4.79 Å². The van der Waals surface area contributed by atoms with Crippen molar-refractivity contribution >= 4 is 12.1 Å². The molecular weight excluding hydrogens is 258 g/mol. The van der Waals surface area contributed by atoms with Crippen molar-refractivity contribution in [2.24, 2.45) is 11.3 Å². The van der Waals surface area contributed by atoms with E-state index in [2.05, 4.69) is 0 Å². The summed E-state index contributed by atoms with van der Waals surface area (Å²) >= 11 is 0. The Morgan fingerprint density at radius 2 is 2.05 bits per heavy atom. The molecule has 1 amide bonds. The van der Waals surface area contributed by atoms with Crippen LogP contribution in [0.25, 0.3) is 0 Å². The number of carbonyl (C=O) groups is 2. The normalized spacial score (nSPS) is 29.2. The topological polar surface area (TPSA) is 55.8 Å². The van der Waals surface area contributed by atoms with Crippen molar-refractivity contribution in [2.75, 3.05) is 19.7 Å². The highest BCUT2D eigenvalue weighted by Crippen LogP contribution is 2.58. The Morgan fingerprint density at radius 3 is 2.65 bits per heavy atom. The first-order valence-corrected chi connectivity index (χ1v) is 7.43. The first-order chi connectivity index (χ1) is 9.28. The van der Waals surface area contributed by atoms with Crippen LogP contribution in [0.1, 0.15) is 47.0 Å². The SMILES string of the molecule is CCOC(=O)C12CCCN(C(=O)OC(C)(C)C)CC1C2. The molecule has 0 spiro atoms. The van der Waals surface area contributed by atoms with Crippen molar-refractivity contribution in [2.45, 2.75) is 52.6 Å². The fourth-order valence-corrected chi connectivity index (χ4v) is 2.99. The lowest BCUT2D eigenvalue weighted by atomic mass is 9.98. The molecule has 1 heterocycles. The van der Waals surface area contributed by atoms with E-state index < -0.39 is 5.60 Å². The maximum atomic E-state index is 12.1. The number of likely N-dealkylation sites (tertiary alicyclic amines) is 1. The van der Waals surface area contributed by atoms with Crippen LogP contribution in [-0.4, -0.2) is 42.3 Å². The van der Waals surface area contributed by atoms with Gasteiger partial charge in [0.05, 0.1) is 12.0 Å². The number of esters is 1. The molecule has 0 aromatic rings. The van der Waals surface area contributed by atoms with Crippen LogP contribution in [0.15, 0.2) is 0 Å². The molecule has 0 N–H and O–H groups in total. The maximum absolute atomic E-state index is 12.1. The van der Waals surface area contributed by atoms with E-state index in [0.717, 1.165) is 19.3 Å². The molecule has 1 saturated carbocycles. The molecule has 2 rings (SSSR count). The first-order valence-electron chi connectivity index (χ1n) is 7.43. The molecule has 5 heteroatoms. The summed E-state index contributed by atoms with van der Waals surface area (Å²) in [4.78, 5) is 25.9. The number of fused-ring (bicyclic) bond motifs is 1. The summed E-state index contributed by atoms with van der Waals surface area (Å²) in [6.45, 7) is 9.10. The fraction of sp³-hybridized carbons (Fsp3) is 0.867. The maximum Gasteiger partial charge on any atom is 0.410 e. The van der Waals surface area contributed by atoms with Crippen molar-refractivity contribution in [1.82, 2.24) is 4.90 Å². The van der Waals surface area contributed by atoms with Crippen LogP contribution in [0.3, 0.4) is 0 Å². The van der Waals surface area contributed by atoms with Gasteiger partial charge in [0, 0.05) is 13.1 Å². The van der Waals surface area contributed by atoms with E-state index in [0.29, 0.717) is 19.7 Å². The molecule has 2 fully saturated rings. The predicted octanol–water partition coefficient (Wildman–Crippen LogP) is 2.59. The molecule has 2 unspecified atom stereocenters. The molecule has 20 heavy (non-hydrogen) atoms. The smallest absolute Gasteiger partial charge is 0.410 e. The lowest BCUT2D eigenvalue weighted by Gasteiger charge is -2.26. The lowest BCUT2D eigenvalue weighted by molar-refractivity contribution is -0.150. The molecular formula is C15H25NO4. The molecule has 1 aliphatic heterocycles. The summed E-state index contributed by atoms with van der Waals surface area (Å²) in [5, 5.41) is 0. The standard InChI is InChI=1S/C15H25NO4/c1-5-19-12(17)15-7-6-8-16(10-11(15)9-15)13(18)20-14(2,3)4/h11H,5-10H2,1-4H3. The minimum absolute atomic E-state index is 0.0870. The zero-order valence-corrected chi connectivity index (χ0v) is 12.9. The van der Waals surface area contributed by atoms with Gasteiger partial charge < -0.3 is 14.4 Å².